The number of rotatable bonds is 4. The van der Waals surface area contributed by atoms with Gasteiger partial charge in [-0.05, 0) is 49.4 Å². The van der Waals surface area contributed by atoms with Gasteiger partial charge in [0.15, 0.2) is 0 Å². The largest absolute Gasteiger partial charge is 0.313 e. The van der Waals surface area contributed by atoms with Gasteiger partial charge in [-0.2, -0.15) is 0 Å². The molecule has 1 heterocycles. The average Bonchev–Trinajstić information content (AvgIpc) is 2.75. The second-order valence-corrected chi connectivity index (χ2v) is 8.63. The molecule has 5 nitrogen and oxygen atoms in total. The molecule has 1 aliphatic rings. The second-order valence-electron chi connectivity index (χ2n) is 6.68. The predicted octanol–water partition coefficient (Wildman–Crippen LogP) is 4.78. The van der Waals surface area contributed by atoms with Crippen molar-refractivity contribution in [1.82, 2.24) is 10.4 Å². The van der Waals surface area contributed by atoms with Crippen LogP contribution in [0.25, 0.3) is 0 Å². The van der Waals surface area contributed by atoms with Crippen molar-refractivity contribution in [3.05, 3.63) is 49.8 Å². The summed E-state index contributed by atoms with van der Waals surface area (Å²) in [4.78, 5) is 26.7. The summed E-state index contributed by atoms with van der Waals surface area (Å²) in [6.45, 7) is 0. The second kappa shape index (κ2) is 8.61. The van der Waals surface area contributed by atoms with Gasteiger partial charge in [-0.15, -0.1) is 11.3 Å². The lowest BCUT2D eigenvalue weighted by atomic mass is 10.0. The zero-order valence-electron chi connectivity index (χ0n) is 15.2. The summed E-state index contributed by atoms with van der Waals surface area (Å²) in [6, 6.07) is 4.73. The highest BCUT2D eigenvalue weighted by atomic mass is 35.5. The van der Waals surface area contributed by atoms with Crippen molar-refractivity contribution >= 4 is 51.4 Å². The molecule has 144 valence electrons. The molecular formula is C19H21Cl2N3O2S. The number of carbonyl (C=O) groups is 2. The van der Waals surface area contributed by atoms with Gasteiger partial charge in [-0.25, -0.2) is 5.01 Å². The number of benzene rings is 1. The molecule has 0 spiro atoms. The van der Waals surface area contributed by atoms with E-state index in [-0.39, 0.29) is 16.8 Å². The first kappa shape index (κ1) is 20.1. The number of hydrogen-bond acceptors (Lipinski definition) is 4. The number of hydrazine groups is 1. The van der Waals surface area contributed by atoms with Crippen LogP contribution < -0.4 is 10.7 Å². The van der Waals surface area contributed by atoms with Crippen molar-refractivity contribution in [1.29, 1.82) is 0 Å². The van der Waals surface area contributed by atoms with Gasteiger partial charge in [-0.3, -0.25) is 15.0 Å². The molecule has 0 bridgehead atoms. The van der Waals surface area contributed by atoms with E-state index in [1.807, 2.05) is 0 Å². The SMILES string of the molecule is CN(C)NC(=O)c1c(NC(=O)c2ccc(Cl)cc2Cl)sc2c1CCCCC2. The first-order valence-electron chi connectivity index (χ1n) is 8.76. The fourth-order valence-electron chi connectivity index (χ4n) is 3.17. The lowest BCUT2D eigenvalue weighted by Gasteiger charge is -2.14. The molecule has 8 heteroatoms. The van der Waals surface area contributed by atoms with Crippen molar-refractivity contribution in [2.75, 3.05) is 19.4 Å². The van der Waals surface area contributed by atoms with Crippen LogP contribution in [0.4, 0.5) is 5.00 Å². The molecule has 0 saturated heterocycles. The van der Waals surface area contributed by atoms with Gasteiger partial charge in [0.1, 0.15) is 5.00 Å². The van der Waals surface area contributed by atoms with E-state index in [2.05, 4.69) is 10.7 Å². The Labute approximate surface area is 172 Å². The molecule has 0 atom stereocenters. The fourth-order valence-corrected chi connectivity index (χ4v) is 4.95. The summed E-state index contributed by atoms with van der Waals surface area (Å²) in [5.74, 6) is -0.566. The van der Waals surface area contributed by atoms with E-state index in [1.165, 1.54) is 22.3 Å². The van der Waals surface area contributed by atoms with Crippen LogP contribution in [0, 0.1) is 0 Å². The van der Waals surface area contributed by atoms with Gasteiger partial charge in [0.05, 0.1) is 16.1 Å². The molecule has 3 rings (SSSR count). The Kier molecular flexibility index (Phi) is 6.42. The van der Waals surface area contributed by atoms with E-state index in [0.717, 1.165) is 37.7 Å². The molecule has 0 saturated carbocycles. The number of hydrogen-bond donors (Lipinski definition) is 2. The molecule has 0 aliphatic heterocycles. The number of nitrogens with one attached hydrogen (secondary N) is 2. The van der Waals surface area contributed by atoms with Crippen LogP contribution in [0.2, 0.25) is 10.0 Å². The molecule has 2 aromatic rings. The molecule has 1 aromatic heterocycles. The quantitative estimate of drug-likeness (QED) is 0.546. The fraction of sp³-hybridized carbons (Fsp3) is 0.368. The molecule has 2 amide bonds. The summed E-state index contributed by atoms with van der Waals surface area (Å²) >= 11 is 13.5. The van der Waals surface area contributed by atoms with Gasteiger partial charge >= 0.3 is 0 Å². The van der Waals surface area contributed by atoms with E-state index >= 15 is 0 Å². The maximum absolute atomic E-state index is 12.8. The van der Waals surface area contributed by atoms with E-state index in [4.69, 9.17) is 23.2 Å². The monoisotopic (exact) mass is 425 g/mol. The van der Waals surface area contributed by atoms with E-state index < -0.39 is 0 Å². The number of thiophene rings is 1. The van der Waals surface area contributed by atoms with E-state index in [9.17, 15) is 9.59 Å². The molecule has 0 unspecified atom stereocenters. The van der Waals surface area contributed by atoms with Crippen molar-refractivity contribution < 1.29 is 9.59 Å². The Morgan fingerprint density at radius 1 is 1.07 bits per heavy atom. The third-order valence-electron chi connectivity index (χ3n) is 4.38. The molecule has 0 fully saturated rings. The minimum absolute atomic E-state index is 0.211. The first-order chi connectivity index (χ1) is 12.9. The lowest BCUT2D eigenvalue weighted by Crippen LogP contribution is -2.36. The molecule has 0 radical (unpaired) electrons. The molecular weight excluding hydrogens is 405 g/mol. The van der Waals surface area contributed by atoms with Crippen molar-refractivity contribution in [3.8, 4) is 0 Å². The van der Waals surface area contributed by atoms with Crippen LogP contribution in [0.5, 0.6) is 0 Å². The molecule has 1 aromatic carbocycles. The van der Waals surface area contributed by atoms with Gasteiger partial charge in [0.25, 0.3) is 11.8 Å². The lowest BCUT2D eigenvalue weighted by molar-refractivity contribution is 0.0857. The third kappa shape index (κ3) is 4.63. The molecule has 1 aliphatic carbocycles. The highest BCUT2D eigenvalue weighted by Gasteiger charge is 2.26. The minimum atomic E-state index is -0.355. The minimum Gasteiger partial charge on any atom is -0.313 e. The van der Waals surface area contributed by atoms with Crippen LogP contribution in [0.1, 0.15) is 50.4 Å². The average molecular weight is 426 g/mol. The van der Waals surface area contributed by atoms with Crippen LogP contribution in [-0.2, 0) is 12.8 Å². The zero-order chi connectivity index (χ0) is 19.6. The molecule has 27 heavy (non-hydrogen) atoms. The maximum atomic E-state index is 12.8. The maximum Gasteiger partial charge on any atom is 0.268 e. The third-order valence-corrected chi connectivity index (χ3v) is 6.13. The van der Waals surface area contributed by atoms with Gasteiger partial charge in [-0.1, -0.05) is 29.6 Å². The highest BCUT2D eigenvalue weighted by Crippen LogP contribution is 2.38. The van der Waals surface area contributed by atoms with E-state index in [0.29, 0.717) is 21.2 Å². The van der Waals surface area contributed by atoms with Crippen LogP contribution >= 0.6 is 34.5 Å². The first-order valence-corrected chi connectivity index (χ1v) is 10.3. The Balaban J connectivity index is 1.96. The Morgan fingerprint density at radius 2 is 1.81 bits per heavy atom. The number of amides is 2. The number of aryl methyl sites for hydroxylation is 1. The number of carbonyl (C=O) groups excluding carboxylic acids is 2. The van der Waals surface area contributed by atoms with Crippen molar-refractivity contribution in [2.24, 2.45) is 0 Å². The topological polar surface area (TPSA) is 61.4 Å². The smallest absolute Gasteiger partial charge is 0.268 e. The van der Waals surface area contributed by atoms with Gasteiger partial charge in [0.2, 0.25) is 0 Å². The summed E-state index contributed by atoms with van der Waals surface area (Å²) in [7, 11) is 3.52. The van der Waals surface area contributed by atoms with Crippen LogP contribution in [0.15, 0.2) is 18.2 Å². The van der Waals surface area contributed by atoms with Crippen molar-refractivity contribution in [3.63, 3.8) is 0 Å². The van der Waals surface area contributed by atoms with Crippen LogP contribution in [-0.4, -0.2) is 30.9 Å². The number of anilines is 1. The van der Waals surface area contributed by atoms with Crippen LogP contribution in [0.3, 0.4) is 0 Å². The summed E-state index contributed by atoms with van der Waals surface area (Å²) in [6.07, 6.45) is 5.07. The van der Waals surface area contributed by atoms with Gasteiger partial charge < -0.3 is 5.32 Å². The summed E-state index contributed by atoms with van der Waals surface area (Å²) in [5, 5.41) is 5.80. The van der Waals surface area contributed by atoms with Gasteiger partial charge in [0, 0.05) is 24.0 Å². The zero-order valence-corrected chi connectivity index (χ0v) is 17.5. The normalized spacial score (nSPS) is 13.8. The number of nitrogens with zero attached hydrogens (tertiary/aromatic N) is 1. The Bertz CT molecular complexity index is 880. The predicted molar refractivity (Wildman–Crippen MR) is 111 cm³/mol. The van der Waals surface area contributed by atoms with E-state index in [1.54, 1.807) is 31.2 Å². The summed E-state index contributed by atoms with van der Waals surface area (Å²) < 4.78 is 0. The standard InChI is InChI=1S/C19H21Cl2N3O2S/c1-24(2)23-18(26)16-13-6-4-3-5-7-15(13)27-19(16)22-17(25)12-9-8-11(20)10-14(12)21/h8-10H,3-7H2,1-2H3,(H,22,25)(H,23,26). The highest BCUT2D eigenvalue weighted by molar-refractivity contribution is 7.17. The number of fused-ring (bicyclic) bond motifs is 1. The molecule has 2 N–H and O–H groups in total. The summed E-state index contributed by atoms with van der Waals surface area (Å²) in [5.41, 5.74) is 4.73. The number of halogens is 2. The Morgan fingerprint density at radius 3 is 2.52 bits per heavy atom. The Hall–Kier alpha value is -1.60. The van der Waals surface area contributed by atoms with Crippen molar-refractivity contribution in [2.45, 2.75) is 32.1 Å².